The molecule has 0 aliphatic heterocycles. The fraction of sp³-hybridized carbons (Fsp3) is 0.733. The number of hydrogen-bond acceptors (Lipinski definition) is 7. The number of amides is 2. The number of rotatable bonds is 4. The van der Waals surface area contributed by atoms with Gasteiger partial charge in [-0.2, -0.15) is 0 Å². The SMILES string of the molecule is CC(C)(C)OC(=O)NC(=NCCC(O)C(=O)O)NC(=O)OC(C)(C)C. The van der Waals surface area contributed by atoms with Gasteiger partial charge in [-0.3, -0.25) is 15.6 Å². The molecule has 1 unspecified atom stereocenters. The highest BCUT2D eigenvalue weighted by Gasteiger charge is 2.21. The third-order valence-electron chi connectivity index (χ3n) is 2.20. The van der Waals surface area contributed by atoms with E-state index in [9.17, 15) is 19.5 Å². The van der Waals surface area contributed by atoms with Crippen molar-refractivity contribution in [3.63, 3.8) is 0 Å². The van der Waals surface area contributed by atoms with E-state index in [4.69, 9.17) is 14.6 Å². The first-order valence-corrected chi connectivity index (χ1v) is 7.65. The van der Waals surface area contributed by atoms with Gasteiger partial charge in [-0.05, 0) is 41.5 Å². The van der Waals surface area contributed by atoms with Crippen molar-refractivity contribution in [2.75, 3.05) is 6.54 Å². The number of guanidine groups is 1. The summed E-state index contributed by atoms with van der Waals surface area (Å²) in [4.78, 5) is 38.0. The maximum absolute atomic E-state index is 11.8. The Morgan fingerprint density at radius 1 is 0.960 bits per heavy atom. The van der Waals surface area contributed by atoms with E-state index in [2.05, 4.69) is 15.6 Å². The van der Waals surface area contributed by atoms with Crippen LogP contribution < -0.4 is 10.6 Å². The van der Waals surface area contributed by atoms with E-state index in [1.807, 2.05) is 0 Å². The van der Waals surface area contributed by atoms with Crippen molar-refractivity contribution in [3.05, 3.63) is 0 Å². The summed E-state index contributed by atoms with van der Waals surface area (Å²) in [7, 11) is 0. The van der Waals surface area contributed by atoms with Crippen LogP contribution in [0.15, 0.2) is 4.99 Å². The fourth-order valence-electron chi connectivity index (χ4n) is 1.33. The van der Waals surface area contributed by atoms with Crippen LogP contribution in [0.25, 0.3) is 0 Å². The van der Waals surface area contributed by atoms with E-state index in [0.29, 0.717) is 0 Å². The number of carbonyl (C=O) groups excluding carboxylic acids is 2. The topological polar surface area (TPSA) is 147 Å². The molecule has 25 heavy (non-hydrogen) atoms. The molecule has 0 aliphatic rings. The molecule has 0 aromatic heterocycles. The zero-order valence-corrected chi connectivity index (χ0v) is 15.4. The van der Waals surface area contributed by atoms with Gasteiger partial charge in [0.1, 0.15) is 11.2 Å². The molecular weight excluding hydrogens is 334 g/mol. The molecule has 0 heterocycles. The number of alkyl carbamates (subject to hydrolysis) is 2. The molecule has 0 radical (unpaired) electrons. The summed E-state index contributed by atoms with van der Waals surface area (Å²) in [5.74, 6) is -1.67. The first kappa shape index (κ1) is 22.6. The Morgan fingerprint density at radius 2 is 1.36 bits per heavy atom. The van der Waals surface area contributed by atoms with Crippen LogP contribution in [0.5, 0.6) is 0 Å². The summed E-state index contributed by atoms with van der Waals surface area (Å²) >= 11 is 0. The molecule has 0 saturated heterocycles. The average Bonchev–Trinajstić information content (AvgIpc) is 2.32. The van der Waals surface area contributed by atoms with Crippen molar-refractivity contribution >= 4 is 24.1 Å². The van der Waals surface area contributed by atoms with Crippen LogP contribution in [-0.4, -0.2) is 58.2 Å². The van der Waals surface area contributed by atoms with Crippen LogP contribution >= 0.6 is 0 Å². The first-order chi connectivity index (χ1) is 11.2. The number of nitrogens with zero attached hydrogens (tertiary/aromatic N) is 1. The largest absolute Gasteiger partial charge is 0.479 e. The highest BCUT2D eigenvalue weighted by Crippen LogP contribution is 2.07. The molecular formula is C15H27N3O7. The summed E-state index contributed by atoms with van der Waals surface area (Å²) in [6.07, 6.45) is -3.53. The number of carbonyl (C=O) groups is 3. The molecule has 0 aromatic carbocycles. The highest BCUT2D eigenvalue weighted by molar-refractivity contribution is 6.01. The molecule has 0 fully saturated rings. The second-order valence-corrected chi connectivity index (χ2v) is 7.13. The van der Waals surface area contributed by atoms with Gasteiger partial charge < -0.3 is 19.7 Å². The van der Waals surface area contributed by atoms with E-state index in [0.717, 1.165) is 0 Å². The number of carboxylic acids is 1. The minimum Gasteiger partial charge on any atom is -0.479 e. The van der Waals surface area contributed by atoms with Crippen LogP contribution in [0.1, 0.15) is 48.0 Å². The minimum absolute atomic E-state index is 0.158. The van der Waals surface area contributed by atoms with E-state index < -0.39 is 35.5 Å². The summed E-state index contributed by atoms with van der Waals surface area (Å²) < 4.78 is 10.1. The molecule has 0 saturated carbocycles. The van der Waals surface area contributed by atoms with Crippen LogP contribution in [0, 0.1) is 0 Å². The molecule has 2 amide bonds. The molecule has 1 atom stereocenters. The number of aliphatic hydroxyl groups is 1. The Bertz CT molecular complexity index is 486. The van der Waals surface area contributed by atoms with Crippen molar-refractivity contribution < 1.29 is 34.1 Å². The Hall–Kier alpha value is -2.36. The maximum Gasteiger partial charge on any atom is 0.414 e. The lowest BCUT2D eigenvalue weighted by Gasteiger charge is -2.22. The second kappa shape index (κ2) is 9.21. The lowest BCUT2D eigenvalue weighted by atomic mass is 10.2. The predicted octanol–water partition coefficient (Wildman–Crippen LogP) is 1.23. The molecule has 0 bridgehead atoms. The van der Waals surface area contributed by atoms with Gasteiger partial charge in [0.2, 0.25) is 5.96 Å². The van der Waals surface area contributed by atoms with Crippen LogP contribution in [0.4, 0.5) is 9.59 Å². The van der Waals surface area contributed by atoms with Gasteiger partial charge in [-0.25, -0.2) is 14.4 Å². The van der Waals surface area contributed by atoms with Crippen LogP contribution in [0.3, 0.4) is 0 Å². The summed E-state index contributed by atoms with van der Waals surface area (Å²) in [6.45, 7) is 9.81. The number of carboxylic acid groups (broad SMARTS) is 1. The number of hydrogen-bond donors (Lipinski definition) is 4. The van der Waals surface area contributed by atoms with E-state index >= 15 is 0 Å². The maximum atomic E-state index is 11.8. The average molecular weight is 361 g/mol. The monoisotopic (exact) mass is 361 g/mol. The zero-order valence-electron chi connectivity index (χ0n) is 15.4. The van der Waals surface area contributed by atoms with Crippen molar-refractivity contribution in [3.8, 4) is 0 Å². The van der Waals surface area contributed by atoms with Crippen molar-refractivity contribution in [2.24, 2.45) is 4.99 Å². The smallest absolute Gasteiger partial charge is 0.414 e. The number of aliphatic hydroxyl groups excluding tert-OH is 1. The van der Waals surface area contributed by atoms with Gasteiger partial charge in [0, 0.05) is 13.0 Å². The van der Waals surface area contributed by atoms with E-state index in [-0.39, 0.29) is 18.9 Å². The molecule has 10 heteroatoms. The van der Waals surface area contributed by atoms with Gasteiger partial charge >= 0.3 is 18.2 Å². The normalized spacial score (nSPS) is 12.6. The minimum atomic E-state index is -1.60. The van der Waals surface area contributed by atoms with Crippen molar-refractivity contribution in [2.45, 2.75) is 65.3 Å². The zero-order chi connectivity index (χ0) is 19.8. The molecule has 4 N–H and O–H groups in total. The summed E-state index contributed by atoms with van der Waals surface area (Å²) in [6, 6.07) is 0. The Kier molecular flexibility index (Phi) is 8.34. The van der Waals surface area contributed by atoms with Gasteiger partial charge in [0.15, 0.2) is 6.10 Å². The molecule has 144 valence electrons. The third-order valence-corrected chi connectivity index (χ3v) is 2.20. The highest BCUT2D eigenvalue weighted by atomic mass is 16.6. The number of aliphatic imine (C=N–C) groups is 1. The lowest BCUT2D eigenvalue weighted by molar-refractivity contribution is -0.146. The molecule has 0 aliphatic carbocycles. The van der Waals surface area contributed by atoms with Crippen LogP contribution in [0.2, 0.25) is 0 Å². The second-order valence-electron chi connectivity index (χ2n) is 7.13. The third kappa shape index (κ3) is 12.7. The molecule has 0 spiro atoms. The van der Waals surface area contributed by atoms with Crippen LogP contribution in [-0.2, 0) is 14.3 Å². The van der Waals surface area contributed by atoms with Gasteiger partial charge in [-0.15, -0.1) is 0 Å². The van der Waals surface area contributed by atoms with Crippen molar-refractivity contribution in [1.29, 1.82) is 0 Å². The molecule has 0 rings (SSSR count). The first-order valence-electron chi connectivity index (χ1n) is 7.65. The van der Waals surface area contributed by atoms with Gasteiger partial charge in [-0.1, -0.05) is 0 Å². The summed E-state index contributed by atoms with van der Waals surface area (Å²) in [5, 5.41) is 22.3. The fourth-order valence-corrected chi connectivity index (χ4v) is 1.33. The molecule has 10 nitrogen and oxygen atoms in total. The van der Waals surface area contributed by atoms with E-state index in [1.165, 1.54) is 0 Å². The quantitative estimate of drug-likeness (QED) is 0.435. The lowest BCUT2D eigenvalue weighted by Crippen LogP contribution is -2.47. The van der Waals surface area contributed by atoms with Gasteiger partial charge in [0.05, 0.1) is 0 Å². The Labute approximate surface area is 146 Å². The molecule has 0 aromatic rings. The summed E-state index contributed by atoms with van der Waals surface area (Å²) in [5.41, 5.74) is -1.53. The predicted molar refractivity (Wildman–Crippen MR) is 89.3 cm³/mol. The number of aliphatic carboxylic acids is 1. The van der Waals surface area contributed by atoms with Crippen molar-refractivity contribution in [1.82, 2.24) is 10.6 Å². The number of nitrogens with one attached hydrogen (secondary N) is 2. The standard InChI is InChI=1S/C15H27N3O7/c1-14(2,3)24-12(22)17-11(16-8-7-9(19)10(20)21)18-13(23)25-15(4,5)6/h9,19H,7-8H2,1-6H3,(H,20,21)(H2,16,17,18,22,23). The Morgan fingerprint density at radius 3 is 1.68 bits per heavy atom. The Balaban J connectivity index is 4.94. The van der Waals surface area contributed by atoms with E-state index in [1.54, 1.807) is 41.5 Å². The number of ether oxygens (including phenoxy) is 2. The van der Waals surface area contributed by atoms with Gasteiger partial charge in [0.25, 0.3) is 0 Å².